The number of piperazine rings is 4. The Bertz CT molecular complexity index is 1060. The number of hydrogen-bond donors (Lipinski definition) is 4. The monoisotopic (exact) mass is 911 g/mol. The maximum Gasteiger partial charge on any atom is 0.493 e. The molecule has 0 aromatic carbocycles. The van der Waals surface area contributed by atoms with Crippen molar-refractivity contribution in [3.63, 3.8) is 0 Å². The molecule has 6 atom stereocenters. The van der Waals surface area contributed by atoms with E-state index in [1.165, 1.54) is 0 Å². The van der Waals surface area contributed by atoms with Gasteiger partial charge in [-0.25, -0.2) is 0 Å². The maximum absolute atomic E-state index is 7.60. The molecule has 0 radical (unpaired) electrons. The third-order valence-corrected chi connectivity index (χ3v) is 28.2. The van der Waals surface area contributed by atoms with E-state index >= 15 is 0 Å². The quantitative estimate of drug-likeness (QED) is 0.0840. The van der Waals surface area contributed by atoms with Gasteiger partial charge < -0.3 is 60.2 Å². The fraction of sp³-hybridized carbons (Fsp3) is 1.00. The van der Waals surface area contributed by atoms with Gasteiger partial charge >= 0.3 is 35.2 Å². The average Bonchev–Trinajstić information content (AvgIpc) is 3.30. The molecule has 4 saturated heterocycles. The zero-order valence-electron chi connectivity index (χ0n) is 38.7. The van der Waals surface area contributed by atoms with Crippen LogP contribution in [0.5, 0.6) is 0 Å². The molecule has 0 aromatic heterocycles. The van der Waals surface area contributed by atoms with Crippen molar-refractivity contribution in [2.75, 3.05) is 147 Å². The summed E-state index contributed by atoms with van der Waals surface area (Å²) in [6.45, 7) is 25.1. The molecule has 17 nitrogen and oxygen atoms in total. The fourth-order valence-electron chi connectivity index (χ4n) is 8.94. The third-order valence-electron chi connectivity index (χ3n) is 13.4. The topological polar surface area (TPSA) is 144 Å². The molecule has 6 unspecified atom stereocenters. The molecule has 0 spiro atoms. The maximum atomic E-state index is 7.60. The molecular weight excluding hydrogens is 825 g/mol. The Morgan fingerprint density at radius 2 is 0.525 bits per heavy atom. The van der Waals surface area contributed by atoms with Crippen molar-refractivity contribution < 1.29 is 38.9 Å². The van der Waals surface area contributed by atoms with E-state index in [1.807, 2.05) is 0 Å². The molecule has 59 heavy (non-hydrogen) atoms. The van der Waals surface area contributed by atoms with E-state index in [0.717, 1.165) is 130 Å². The van der Waals surface area contributed by atoms with Gasteiger partial charge in [0.25, 0.3) is 0 Å². The molecule has 4 aliphatic heterocycles. The summed E-state index contributed by atoms with van der Waals surface area (Å²) in [5, 5.41) is 14.0. The highest BCUT2D eigenvalue weighted by molar-refractivity contribution is 6.84. The minimum absolute atomic E-state index is 0.283. The number of nitrogens with one attached hydrogen (secondary N) is 4. The summed E-state index contributed by atoms with van der Waals surface area (Å²) in [7, 11) is -3.88. The molecular formula is C38H86N8O9Si4. The molecule has 4 aliphatic rings. The van der Waals surface area contributed by atoms with Crippen LogP contribution in [0, 0.1) is 0 Å². The van der Waals surface area contributed by atoms with Crippen molar-refractivity contribution in [3.05, 3.63) is 0 Å². The van der Waals surface area contributed by atoms with E-state index in [0.29, 0.717) is 36.3 Å². The number of hydrogen-bond acceptors (Lipinski definition) is 17. The smallest absolute Gasteiger partial charge is 0.378 e. The van der Waals surface area contributed by atoms with Gasteiger partial charge in [0.1, 0.15) is 0 Å². The van der Waals surface area contributed by atoms with Crippen molar-refractivity contribution in [2.45, 2.75) is 102 Å². The lowest BCUT2D eigenvalue weighted by molar-refractivity contribution is 0.0560. The van der Waals surface area contributed by atoms with Crippen LogP contribution in [0.25, 0.3) is 0 Å². The highest BCUT2D eigenvalue weighted by Gasteiger charge is 2.61. The molecule has 0 amide bonds. The first kappa shape index (κ1) is 51.8. The Morgan fingerprint density at radius 3 is 0.729 bits per heavy atom. The fourth-order valence-corrected chi connectivity index (χ4v) is 25.5. The molecule has 0 aromatic rings. The second-order valence-electron chi connectivity index (χ2n) is 17.0. The lowest BCUT2D eigenvalue weighted by Crippen LogP contribution is -2.67. The van der Waals surface area contributed by atoms with Crippen molar-refractivity contribution in [1.82, 2.24) is 40.9 Å². The van der Waals surface area contributed by atoms with E-state index in [-0.39, 0.29) is 12.1 Å². The molecule has 0 aliphatic carbocycles. The summed E-state index contributed by atoms with van der Waals surface area (Å²) in [5.41, 5.74) is 0. The Balaban J connectivity index is 1.69. The second-order valence-corrected chi connectivity index (χ2v) is 29.3. The van der Waals surface area contributed by atoms with Crippen LogP contribution < -0.4 is 21.3 Å². The van der Waals surface area contributed by atoms with Gasteiger partial charge in [0, 0.05) is 196 Å². The van der Waals surface area contributed by atoms with Gasteiger partial charge in [0.2, 0.25) is 0 Å². The summed E-state index contributed by atoms with van der Waals surface area (Å²) in [6.07, 6.45) is 3.33. The van der Waals surface area contributed by atoms with E-state index in [2.05, 4.69) is 68.6 Å². The average molecular weight is 911 g/mol. The van der Waals surface area contributed by atoms with Crippen LogP contribution in [0.4, 0.5) is 0 Å². The van der Waals surface area contributed by atoms with Crippen molar-refractivity contribution in [1.29, 1.82) is 0 Å². The minimum atomic E-state index is -3.72. The highest BCUT2D eigenvalue weighted by Crippen LogP contribution is 2.36. The van der Waals surface area contributed by atoms with Gasteiger partial charge in [0.15, 0.2) is 0 Å². The molecule has 21 heteroatoms. The summed E-state index contributed by atoms with van der Waals surface area (Å²) >= 11 is 0. The van der Waals surface area contributed by atoms with Gasteiger partial charge in [-0.3, -0.25) is 19.6 Å². The largest absolute Gasteiger partial charge is 0.493 e. The van der Waals surface area contributed by atoms with Gasteiger partial charge in [-0.05, 0) is 53.4 Å². The van der Waals surface area contributed by atoms with Crippen LogP contribution in [0.1, 0.15) is 53.4 Å². The van der Waals surface area contributed by atoms with Crippen LogP contribution in [-0.4, -0.2) is 226 Å². The summed E-state index contributed by atoms with van der Waals surface area (Å²) in [4.78, 5) is 10.1. The van der Waals surface area contributed by atoms with E-state index < -0.39 is 35.2 Å². The molecule has 0 saturated carbocycles. The molecule has 0 bridgehead atoms. The Labute approximate surface area is 362 Å². The van der Waals surface area contributed by atoms with Gasteiger partial charge in [-0.1, -0.05) is 0 Å². The molecule has 4 N–H and O–H groups in total. The van der Waals surface area contributed by atoms with Crippen molar-refractivity contribution >= 4 is 35.2 Å². The summed E-state index contributed by atoms with van der Waals surface area (Å²) in [5.74, 6) is 0. The molecule has 4 rings (SSSR count). The van der Waals surface area contributed by atoms with Crippen LogP contribution in [0.2, 0.25) is 24.2 Å². The first-order chi connectivity index (χ1) is 28.4. The first-order valence-corrected chi connectivity index (χ1v) is 30.4. The highest BCUT2D eigenvalue weighted by atomic mass is 28.5. The first-order valence-electron chi connectivity index (χ1n) is 22.6. The minimum Gasteiger partial charge on any atom is -0.378 e. The standard InChI is InChI=1S/C38H86N8O9Si4/c1-35(43-23-15-39-16-24-43)11-31-56(47-5,48-6)53-58(51-9,33-13-37(3)45-27-19-41-20-28-45)55-59(52-10,34-14-38(4)46-29-21-42-22-30-46)54-57(49-7,50-8)32-12-36(2)44-25-17-40-18-26-44/h35-42H,11-34H2,1-10H3. The normalized spacial score (nSPS) is 24.3. The van der Waals surface area contributed by atoms with Crippen LogP contribution in [0.15, 0.2) is 0 Å². The SMILES string of the molecule is CO[Si](CCC(C)N1CCNCC1)(OC)O[Si](CCC(C)N1CCNCC1)(OC)O[Si](CCC(C)N1CCNCC1)(OC)O[Si](CCC(C)N1CCNCC1)(OC)OC. The molecule has 348 valence electrons. The van der Waals surface area contributed by atoms with Gasteiger partial charge in [-0.15, -0.1) is 0 Å². The van der Waals surface area contributed by atoms with E-state index in [4.69, 9.17) is 38.9 Å². The van der Waals surface area contributed by atoms with Crippen LogP contribution in [-0.2, 0) is 38.9 Å². The third kappa shape index (κ3) is 15.7. The van der Waals surface area contributed by atoms with Crippen LogP contribution >= 0.6 is 0 Å². The lowest BCUT2D eigenvalue weighted by Gasteiger charge is -2.45. The lowest BCUT2D eigenvalue weighted by atomic mass is 10.2. The predicted octanol–water partition coefficient (Wildman–Crippen LogP) is 1.41. The second kappa shape index (κ2) is 26.2. The summed E-state index contributed by atoms with van der Waals surface area (Å²) in [6, 6.07) is 3.59. The Hall–Kier alpha value is 0.188. The van der Waals surface area contributed by atoms with E-state index in [9.17, 15) is 0 Å². The number of nitrogens with zero attached hydrogens (tertiary/aromatic N) is 4. The predicted molar refractivity (Wildman–Crippen MR) is 242 cm³/mol. The zero-order chi connectivity index (χ0) is 42.8. The van der Waals surface area contributed by atoms with Crippen molar-refractivity contribution in [2.24, 2.45) is 0 Å². The van der Waals surface area contributed by atoms with Gasteiger partial charge in [-0.2, -0.15) is 0 Å². The summed E-state index contributed by atoms with van der Waals surface area (Å²) < 4.78 is 61.3. The Kier molecular flexibility index (Phi) is 23.0. The van der Waals surface area contributed by atoms with Crippen molar-refractivity contribution in [3.8, 4) is 0 Å². The molecule has 4 fully saturated rings. The molecule has 4 heterocycles. The van der Waals surface area contributed by atoms with E-state index in [1.54, 1.807) is 42.7 Å². The van der Waals surface area contributed by atoms with Gasteiger partial charge in [0.05, 0.1) is 0 Å². The number of rotatable bonds is 28. The Morgan fingerprint density at radius 1 is 0.339 bits per heavy atom. The zero-order valence-corrected chi connectivity index (χ0v) is 42.7. The van der Waals surface area contributed by atoms with Crippen LogP contribution in [0.3, 0.4) is 0 Å².